The minimum Gasteiger partial charge on any atom is -0.462 e. The highest BCUT2D eigenvalue weighted by Gasteiger charge is 2.11. The molecular weight excluding hydrogens is 442 g/mol. The molecule has 4 heteroatoms. The Labute approximate surface area is 130 Å². The molecule has 0 amide bonds. The zero-order valence-electron chi connectivity index (χ0n) is 9.84. The van der Waals surface area contributed by atoms with Crippen molar-refractivity contribution in [3.05, 3.63) is 30.9 Å². The fraction of sp³-hybridized carbons (Fsp3) is 0.462. The van der Waals surface area contributed by atoms with Gasteiger partial charge in [-0.2, -0.15) is 0 Å². The van der Waals surface area contributed by atoms with E-state index in [1.807, 2.05) is 18.2 Å². The van der Waals surface area contributed by atoms with Gasteiger partial charge in [-0.15, -0.1) is 0 Å². The topological polar surface area (TPSA) is 26.3 Å². The molecule has 0 atom stereocenters. The fourth-order valence-corrected chi connectivity index (χ4v) is 2.47. The van der Waals surface area contributed by atoms with Crippen LogP contribution in [0.25, 0.3) is 0 Å². The minimum atomic E-state index is -0.204. The number of carbonyl (C=O) groups excluding carboxylic acids is 1. The van der Waals surface area contributed by atoms with Crippen molar-refractivity contribution in [3.63, 3.8) is 0 Å². The van der Waals surface area contributed by atoms with Gasteiger partial charge in [-0.1, -0.05) is 26.2 Å². The van der Waals surface area contributed by atoms with Crippen molar-refractivity contribution in [1.29, 1.82) is 0 Å². The van der Waals surface area contributed by atoms with Crippen LogP contribution in [-0.2, 0) is 4.74 Å². The molecule has 0 bridgehead atoms. The normalized spacial score (nSPS) is 10.3. The molecule has 0 N–H and O–H groups in total. The van der Waals surface area contributed by atoms with Crippen LogP contribution in [0.2, 0.25) is 0 Å². The quantitative estimate of drug-likeness (QED) is 0.353. The van der Waals surface area contributed by atoms with Crippen LogP contribution in [0.4, 0.5) is 0 Å². The zero-order chi connectivity index (χ0) is 12.7. The predicted octanol–water partition coefficient (Wildman–Crippen LogP) is 4.63. The van der Waals surface area contributed by atoms with E-state index in [4.69, 9.17) is 4.74 Å². The molecule has 0 aliphatic carbocycles. The van der Waals surface area contributed by atoms with Crippen molar-refractivity contribution >= 4 is 51.2 Å². The summed E-state index contributed by atoms with van der Waals surface area (Å²) in [5.74, 6) is -0.204. The Balaban J connectivity index is 2.44. The molecule has 0 heterocycles. The first-order valence-corrected chi connectivity index (χ1v) is 7.93. The molecule has 0 unspecified atom stereocenters. The summed E-state index contributed by atoms with van der Waals surface area (Å²) in [5.41, 5.74) is 0.674. The van der Waals surface area contributed by atoms with Gasteiger partial charge in [0.05, 0.1) is 12.2 Å². The van der Waals surface area contributed by atoms with Crippen LogP contribution in [0, 0.1) is 7.14 Å². The van der Waals surface area contributed by atoms with Gasteiger partial charge in [-0.3, -0.25) is 0 Å². The van der Waals surface area contributed by atoms with E-state index in [1.54, 1.807) is 0 Å². The van der Waals surface area contributed by atoms with E-state index < -0.39 is 0 Å². The summed E-state index contributed by atoms with van der Waals surface area (Å²) in [6, 6.07) is 5.80. The monoisotopic (exact) mass is 458 g/mol. The second-order valence-corrected chi connectivity index (χ2v) is 6.23. The van der Waals surface area contributed by atoms with Gasteiger partial charge >= 0.3 is 5.97 Å². The van der Waals surface area contributed by atoms with Crippen molar-refractivity contribution in [2.45, 2.75) is 32.6 Å². The summed E-state index contributed by atoms with van der Waals surface area (Å²) in [7, 11) is 0. The van der Waals surface area contributed by atoms with Crippen molar-refractivity contribution in [1.82, 2.24) is 0 Å². The SMILES string of the molecule is CCCCCCOC(=O)c1cc(I)ccc1I. The first kappa shape index (κ1) is 15.2. The molecule has 0 saturated carbocycles. The molecule has 1 rings (SSSR count). The molecule has 17 heavy (non-hydrogen) atoms. The maximum absolute atomic E-state index is 11.8. The largest absolute Gasteiger partial charge is 0.462 e. The number of ether oxygens (including phenoxy) is 1. The summed E-state index contributed by atoms with van der Waals surface area (Å²) in [4.78, 5) is 11.8. The third-order valence-corrected chi connectivity index (χ3v) is 3.99. The van der Waals surface area contributed by atoms with E-state index in [0.717, 1.165) is 20.0 Å². The van der Waals surface area contributed by atoms with Gasteiger partial charge in [0.25, 0.3) is 0 Å². The van der Waals surface area contributed by atoms with Gasteiger partial charge in [-0.05, 0) is 69.8 Å². The number of carbonyl (C=O) groups is 1. The van der Waals surface area contributed by atoms with Crippen molar-refractivity contribution in [3.8, 4) is 0 Å². The van der Waals surface area contributed by atoms with Gasteiger partial charge in [0.1, 0.15) is 0 Å². The highest BCUT2D eigenvalue weighted by atomic mass is 127. The molecule has 94 valence electrons. The zero-order valence-corrected chi connectivity index (χ0v) is 14.2. The lowest BCUT2D eigenvalue weighted by Gasteiger charge is -2.06. The fourth-order valence-electron chi connectivity index (χ4n) is 1.43. The Kier molecular flexibility index (Phi) is 7.41. The van der Waals surface area contributed by atoms with Crippen molar-refractivity contribution in [2.24, 2.45) is 0 Å². The van der Waals surface area contributed by atoms with Gasteiger partial charge in [0.2, 0.25) is 0 Å². The number of halogens is 2. The van der Waals surface area contributed by atoms with Gasteiger partial charge in [0, 0.05) is 7.14 Å². The molecule has 0 radical (unpaired) electrons. The van der Waals surface area contributed by atoms with E-state index in [0.29, 0.717) is 12.2 Å². The first-order valence-electron chi connectivity index (χ1n) is 5.77. The Morgan fingerprint density at radius 2 is 2.00 bits per heavy atom. The summed E-state index contributed by atoms with van der Waals surface area (Å²) >= 11 is 4.36. The first-order chi connectivity index (χ1) is 8.15. The summed E-state index contributed by atoms with van der Waals surface area (Å²) in [5, 5.41) is 0. The van der Waals surface area contributed by atoms with E-state index in [-0.39, 0.29) is 5.97 Å². The number of benzene rings is 1. The second kappa shape index (κ2) is 8.29. The number of rotatable bonds is 6. The molecular formula is C13H16I2O2. The standard InChI is InChI=1S/C13H16I2O2/c1-2-3-4-5-8-17-13(16)11-9-10(14)6-7-12(11)15/h6-7,9H,2-5,8H2,1H3. The average Bonchev–Trinajstić information content (AvgIpc) is 2.32. The maximum Gasteiger partial charge on any atom is 0.339 e. The van der Waals surface area contributed by atoms with Crippen molar-refractivity contribution in [2.75, 3.05) is 6.61 Å². The number of esters is 1. The number of hydrogen-bond acceptors (Lipinski definition) is 2. The van der Waals surface area contributed by atoms with Crippen LogP contribution in [0.15, 0.2) is 18.2 Å². The average molecular weight is 458 g/mol. The van der Waals surface area contributed by atoms with Crippen LogP contribution < -0.4 is 0 Å². The Hall–Kier alpha value is 0.150. The molecule has 0 aliphatic rings. The number of unbranched alkanes of at least 4 members (excludes halogenated alkanes) is 3. The van der Waals surface area contributed by atoms with Crippen LogP contribution in [0.1, 0.15) is 43.0 Å². The lowest BCUT2D eigenvalue weighted by atomic mass is 10.2. The lowest BCUT2D eigenvalue weighted by Crippen LogP contribution is -2.08. The third kappa shape index (κ3) is 5.54. The summed E-state index contributed by atoms with van der Waals surface area (Å²) in [6.07, 6.45) is 4.49. The molecule has 0 aromatic heterocycles. The Morgan fingerprint density at radius 1 is 1.24 bits per heavy atom. The Bertz CT molecular complexity index is 378. The van der Waals surface area contributed by atoms with Gasteiger partial charge < -0.3 is 4.74 Å². The molecule has 0 aliphatic heterocycles. The van der Waals surface area contributed by atoms with E-state index in [9.17, 15) is 4.79 Å². The lowest BCUT2D eigenvalue weighted by molar-refractivity contribution is 0.0496. The van der Waals surface area contributed by atoms with E-state index in [2.05, 4.69) is 52.1 Å². The Morgan fingerprint density at radius 3 is 2.71 bits per heavy atom. The van der Waals surface area contributed by atoms with Gasteiger partial charge in [-0.25, -0.2) is 4.79 Å². The minimum absolute atomic E-state index is 0.204. The van der Waals surface area contributed by atoms with Crippen LogP contribution in [0.5, 0.6) is 0 Å². The van der Waals surface area contributed by atoms with Crippen LogP contribution in [0.3, 0.4) is 0 Å². The van der Waals surface area contributed by atoms with Crippen molar-refractivity contribution < 1.29 is 9.53 Å². The molecule has 2 nitrogen and oxygen atoms in total. The predicted molar refractivity (Wildman–Crippen MR) is 86.3 cm³/mol. The molecule has 1 aromatic carbocycles. The summed E-state index contributed by atoms with van der Waals surface area (Å²) < 4.78 is 7.27. The summed E-state index contributed by atoms with van der Waals surface area (Å²) in [6.45, 7) is 2.70. The highest BCUT2D eigenvalue weighted by molar-refractivity contribution is 14.1. The molecule has 0 saturated heterocycles. The number of hydrogen-bond donors (Lipinski definition) is 0. The molecule has 1 aromatic rings. The second-order valence-electron chi connectivity index (χ2n) is 3.82. The van der Waals surface area contributed by atoms with E-state index in [1.165, 1.54) is 12.8 Å². The smallest absolute Gasteiger partial charge is 0.339 e. The third-order valence-electron chi connectivity index (χ3n) is 2.38. The van der Waals surface area contributed by atoms with Crippen LogP contribution >= 0.6 is 45.2 Å². The van der Waals surface area contributed by atoms with Gasteiger partial charge in [0.15, 0.2) is 0 Å². The van der Waals surface area contributed by atoms with E-state index >= 15 is 0 Å². The maximum atomic E-state index is 11.8. The molecule has 0 fully saturated rings. The van der Waals surface area contributed by atoms with Crippen LogP contribution in [-0.4, -0.2) is 12.6 Å². The molecule has 0 spiro atoms. The highest BCUT2D eigenvalue weighted by Crippen LogP contribution is 2.17.